The van der Waals surface area contributed by atoms with E-state index in [1.165, 1.54) is 54.6 Å². The molecule has 0 saturated carbocycles. The Labute approximate surface area is 296 Å². The summed E-state index contributed by atoms with van der Waals surface area (Å²) in [5.41, 5.74) is 0.377. The molecule has 0 aliphatic carbocycles. The van der Waals surface area contributed by atoms with Gasteiger partial charge in [-0.15, -0.1) is 0 Å². The van der Waals surface area contributed by atoms with Crippen molar-refractivity contribution in [1.82, 2.24) is 0 Å². The summed E-state index contributed by atoms with van der Waals surface area (Å²) < 4.78 is 74.1. The van der Waals surface area contributed by atoms with Crippen LogP contribution in [-0.2, 0) is 33.5 Å². The first-order valence-electron chi connectivity index (χ1n) is 15.7. The minimum atomic E-state index is -5.33. The van der Waals surface area contributed by atoms with E-state index in [4.69, 9.17) is 32.3 Å². The van der Waals surface area contributed by atoms with E-state index in [2.05, 4.69) is 0 Å². The largest absolute Gasteiger partial charge is 0.461 e. The molecule has 1 aliphatic rings. The molecule has 5 aromatic rings. The maximum absolute atomic E-state index is 13.5. The fourth-order valence-corrected chi connectivity index (χ4v) is 6.00. The Kier molecular flexibility index (Phi) is 10.8. The molecule has 0 bridgehead atoms. The van der Waals surface area contributed by atoms with Crippen molar-refractivity contribution in [3.8, 4) is 5.75 Å². The predicted molar refractivity (Wildman–Crippen MR) is 181 cm³/mol. The monoisotopic (exact) mass is 730 g/mol. The summed E-state index contributed by atoms with van der Waals surface area (Å²) in [4.78, 5) is 52.1. The van der Waals surface area contributed by atoms with Gasteiger partial charge in [0.2, 0.25) is 12.4 Å². The van der Waals surface area contributed by atoms with Crippen LogP contribution in [0.4, 0.5) is 0 Å². The second-order valence-corrected chi connectivity index (χ2v) is 12.5. The van der Waals surface area contributed by atoms with Gasteiger partial charge in [0.25, 0.3) is 0 Å². The Balaban J connectivity index is 1.43. The van der Waals surface area contributed by atoms with E-state index in [9.17, 15) is 32.1 Å². The fourth-order valence-electron chi connectivity index (χ4n) is 5.48. The zero-order valence-electron chi connectivity index (χ0n) is 27.2. The van der Waals surface area contributed by atoms with Gasteiger partial charge in [0.15, 0.2) is 6.10 Å². The summed E-state index contributed by atoms with van der Waals surface area (Å²) in [6, 6.07) is 28.9. The van der Waals surface area contributed by atoms with Gasteiger partial charge in [-0.25, -0.2) is 23.4 Å². The highest BCUT2D eigenvalue weighted by atomic mass is 32.3. The van der Waals surface area contributed by atoms with Crippen LogP contribution in [0.5, 0.6) is 5.75 Å². The van der Waals surface area contributed by atoms with E-state index in [0.29, 0.717) is 10.9 Å². The number of hydrogen-bond acceptors (Lipinski definition) is 13. The highest BCUT2D eigenvalue weighted by molar-refractivity contribution is 7.80. The number of carbonyl (C=O) groups is 3. The maximum Gasteiger partial charge on any atom is 0.397 e. The topological polar surface area (TPSA) is 191 Å². The number of hydrogen-bond donors (Lipinski definition) is 1. The van der Waals surface area contributed by atoms with Gasteiger partial charge in [-0.05, 0) is 61.0 Å². The molecular formula is C37H30O14S. The fraction of sp³-hybridized carbons (Fsp3) is 0.189. The second kappa shape index (κ2) is 15.6. The van der Waals surface area contributed by atoms with Crippen LogP contribution < -0.4 is 10.4 Å². The molecule has 1 N–H and O–H groups in total. The standard InChI is InChI=1S/C37H30O14S/c1-22-19-30(38)47-28-20-26(17-18-27(22)28)46-37-33(50-36(41)25-15-9-4-10-16-25)32(49-35(40)24-13-7-3-8-14-24)31(51-52(42,43)44)29(48-37)21-45-34(39)23-11-5-2-6-12-23/h2-20,29,31-33,37H,21H2,1H3,(H,42,43,44)/t29-,31+,32+,33-,37+/m0/s1. The van der Waals surface area contributed by atoms with Gasteiger partial charge >= 0.3 is 33.9 Å². The minimum absolute atomic E-state index is 0.0225. The molecule has 0 unspecified atom stereocenters. The number of fused-ring (bicyclic) bond motifs is 1. The van der Waals surface area contributed by atoms with E-state index in [1.54, 1.807) is 67.6 Å². The minimum Gasteiger partial charge on any atom is -0.461 e. The highest BCUT2D eigenvalue weighted by Gasteiger charge is 2.54. The predicted octanol–water partition coefficient (Wildman–Crippen LogP) is 4.70. The number of rotatable bonds is 11. The van der Waals surface area contributed by atoms with Gasteiger partial charge < -0.3 is 28.1 Å². The first-order chi connectivity index (χ1) is 24.9. The quantitative estimate of drug-likeness (QED) is 0.0851. The average Bonchev–Trinajstić information content (AvgIpc) is 3.13. The second-order valence-electron chi connectivity index (χ2n) is 11.5. The van der Waals surface area contributed by atoms with Crippen LogP contribution in [0, 0.1) is 6.92 Å². The molecule has 4 aromatic carbocycles. The van der Waals surface area contributed by atoms with Crippen molar-refractivity contribution in [2.24, 2.45) is 0 Å². The first kappa shape index (κ1) is 35.9. The van der Waals surface area contributed by atoms with Gasteiger partial charge in [-0.3, -0.25) is 4.55 Å². The smallest absolute Gasteiger partial charge is 0.397 e. The Bertz CT molecular complexity index is 2220. The van der Waals surface area contributed by atoms with Crippen molar-refractivity contribution in [2.75, 3.05) is 6.61 Å². The molecule has 6 rings (SSSR count). The van der Waals surface area contributed by atoms with Crippen molar-refractivity contribution in [3.05, 3.63) is 148 Å². The molecule has 1 saturated heterocycles. The lowest BCUT2D eigenvalue weighted by Gasteiger charge is -2.43. The lowest BCUT2D eigenvalue weighted by atomic mass is 9.98. The van der Waals surface area contributed by atoms with Crippen LogP contribution in [0.15, 0.2) is 124 Å². The maximum atomic E-state index is 13.5. The number of aryl methyl sites for hydroxylation is 1. The third kappa shape index (κ3) is 8.70. The number of esters is 3. The van der Waals surface area contributed by atoms with Crippen LogP contribution >= 0.6 is 0 Å². The van der Waals surface area contributed by atoms with E-state index in [1.807, 2.05) is 0 Å². The lowest BCUT2D eigenvalue weighted by molar-refractivity contribution is -0.271. The van der Waals surface area contributed by atoms with Crippen molar-refractivity contribution < 1.29 is 59.6 Å². The van der Waals surface area contributed by atoms with Crippen molar-refractivity contribution >= 4 is 39.3 Å². The van der Waals surface area contributed by atoms with Crippen LogP contribution in [0.1, 0.15) is 36.6 Å². The van der Waals surface area contributed by atoms with Crippen LogP contribution in [0.3, 0.4) is 0 Å². The van der Waals surface area contributed by atoms with Gasteiger partial charge in [-0.1, -0.05) is 54.6 Å². The summed E-state index contributed by atoms with van der Waals surface area (Å²) in [6.07, 6.45) is -9.02. The third-order valence-electron chi connectivity index (χ3n) is 7.89. The van der Waals surface area contributed by atoms with Gasteiger partial charge in [0, 0.05) is 17.5 Å². The molecule has 0 amide bonds. The summed E-state index contributed by atoms with van der Waals surface area (Å²) in [7, 11) is -5.33. The van der Waals surface area contributed by atoms with Crippen molar-refractivity contribution in [1.29, 1.82) is 0 Å². The highest BCUT2D eigenvalue weighted by Crippen LogP contribution is 2.33. The lowest BCUT2D eigenvalue weighted by Crippen LogP contribution is -2.63. The molecule has 0 spiro atoms. The Morgan fingerprint density at radius 3 is 1.81 bits per heavy atom. The van der Waals surface area contributed by atoms with Gasteiger partial charge in [-0.2, -0.15) is 8.42 Å². The normalized spacial score (nSPS) is 20.1. The van der Waals surface area contributed by atoms with Crippen molar-refractivity contribution in [3.63, 3.8) is 0 Å². The molecular weight excluding hydrogens is 700 g/mol. The zero-order valence-corrected chi connectivity index (χ0v) is 28.0. The van der Waals surface area contributed by atoms with Crippen molar-refractivity contribution in [2.45, 2.75) is 37.6 Å². The number of benzene rings is 4. The molecule has 1 aromatic heterocycles. The summed E-state index contributed by atoms with van der Waals surface area (Å²) in [5, 5.41) is 0.588. The SMILES string of the molecule is Cc1cc(=O)oc2cc(O[C@@H]3O[C@@H](COC(=O)c4ccccc4)[C@@H](OS(=O)(=O)O)[C@@H](OC(=O)c4ccccc4)[C@@H]3OC(=O)c3ccccc3)ccc12. The Morgan fingerprint density at radius 2 is 1.25 bits per heavy atom. The summed E-state index contributed by atoms with van der Waals surface area (Å²) in [5.74, 6) is -2.76. The Hall–Kier alpha value is -5.87. The average molecular weight is 731 g/mol. The molecule has 52 heavy (non-hydrogen) atoms. The van der Waals surface area contributed by atoms with E-state index < -0.39 is 71.2 Å². The molecule has 1 fully saturated rings. The first-order valence-corrected chi connectivity index (χ1v) is 17.1. The zero-order chi connectivity index (χ0) is 36.8. The summed E-state index contributed by atoms with van der Waals surface area (Å²) >= 11 is 0. The van der Waals surface area contributed by atoms with Crippen LogP contribution in [0.25, 0.3) is 11.0 Å². The molecule has 1 aliphatic heterocycles. The Morgan fingerprint density at radius 1 is 0.712 bits per heavy atom. The molecule has 0 radical (unpaired) electrons. The molecule has 14 nitrogen and oxygen atoms in total. The van der Waals surface area contributed by atoms with Gasteiger partial charge in [0.05, 0.1) is 16.7 Å². The molecule has 2 heterocycles. The molecule has 15 heteroatoms. The third-order valence-corrected chi connectivity index (χ3v) is 8.36. The molecule has 268 valence electrons. The number of ether oxygens (including phenoxy) is 5. The van der Waals surface area contributed by atoms with Crippen LogP contribution in [-0.4, -0.2) is 68.2 Å². The van der Waals surface area contributed by atoms with E-state index >= 15 is 0 Å². The van der Waals surface area contributed by atoms with Crippen LogP contribution in [0.2, 0.25) is 0 Å². The van der Waals surface area contributed by atoms with E-state index in [0.717, 1.165) is 0 Å². The van der Waals surface area contributed by atoms with E-state index in [-0.39, 0.29) is 28.0 Å². The summed E-state index contributed by atoms with van der Waals surface area (Å²) in [6.45, 7) is 0.990. The number of carbonyl (C=O) groups excluding carboxylic acids is 3. The molecule has 5 atom stereocenters. The van der Waals surface area contributed by atoms with Gasteiger partial charge in [0.1, 0.15) is 30.1 Å².